The molecule has 3 aromatic rings. The number of aryl methyl sites for hydroxylation is 2. The van der Waals surface area contributed by atoms with E-state index in [2.05, 4.69) is 23.4 Å². The lowest BCUT2D eigenvalue weighted by atomic mass is 10.1. The number of fused-ring (bicyclic) bond motifs is 1. The molecule has 0 aromatic carbocycles. The molecule has 0 amide bonds. The minimum atomic E-state index is -0.459. The Hall–Kier alpha value is -2.74. The van der Waals surface area contributed by atoms with Crippen molar-refractivity contribution in [2.24, 2.45) is 5.92 Å². The van der Waals surface area contributed by atoms with E-state index >= 15 is 0 Å². The van der Waals surface area contributed by atoms with Crippen LogP contribution in [0.4, 0.5) is 0 Å². The van der Waals surface area contributed by atoms with E-state index in [0.29, 0.717) is 32.1 Å². The maximum absolute atomic E-state index is 13.1. The summed E-state index contributed by atoms with van der Waals surface area (Å²) >= 11 is 1.14. The Bertz CT molecular complexity index is 1200. The second-order valence-electron chi connectivity index (χ2n) is 8.18. The van der Waals surface area contributed by atoms with Crippen LogP contribution in [0.25, 0.3) is 10.2 Å². The van der Waals surface area contributed by atoms with Gasteiger partial charge in [0.15, 0.2) is 5.78 Å². The van der Waals surface area contributed by atoms with E-state index in [9.17, 15) is 14.4 Å². The van der Waals surface area contributed by atoms with Crippen LogP contribution in [0, 0.1) is 26.7 Å². The number of rotatable bonds is 8. The number of esters is 1. The van der Waals surface area contributed by atoms with E-state index in [4.69, 9.17) is 4.74 Å². The van der Waals surface area contributed by atoms with Gasteiger partial charge in [-0.2, -0.15) is 0 Å². The quantitative estimate of drug-likeness (QED) is 0.383. The minimum Gasteiger partial charge on any atom is -0.462 e. The second-order valence-corrected chi connectivity index (χ2v) is 9.18. The Labute approximate surface area is 185 Å². The summed E-state index contributed by atoms with van der Waals surface area (Å²) in [4.78, 5) is 43.4. The molecule has 0 spiro atoms. The highest BCUT2D eigenvalue weighted by Crippen LogP contribution is 2.27. The second kappa shape index (κ2) is 9.18. The fourth-order valence-corrected chi connectivity index (χ4v) is 4.75. The lowest BCUT2D eigenvalue weighted by molar-refractivity contribution is 0.0531. The lowest BCUT2D eigenvalue weighted by Crippen LogP contribution is -2.25. The van der Waals surface area contributed by atoms with Gasteiger partial charge in [-0.1, -0.05) is 13.8 Å². The Morgan fingerprint density at radius 2 is 1.94 bits per heavy atom. The minimum absolute atomic E-state index is 0.0970. The lowest BCUT2D eigenvalue weighted by Gasteiger charge is -2.11. The number of Topliss-reactive ketones (excluding diaryl/α,β-unsaturated/α-hetero) is 1. The van der Waals surface area contributed by atoms with Gasteiger partial charge >= 0.3 is 5.97 Å². The van der Waals surface area contributed by atoms with Gasteiger partial charge in [-0.25, -0.2) is 9.78 Å². The van der Waals surface area contributed by atoms with Crippen molar-refractivity contribution in [1.29, 1.82) is 0 Å². The van der Waals surface area contributed by atoms with Crippen molar-refractivity contribution >= 4 is 33.3 Å². The Morgan fingerprint density at radius 1 is 1.23 bits per heavy atom. The van der Waals surface area contributed by atoms with Crippen LogP contribution in [0.1, 0.15) is 64.2 Å². The van der Waals surface area contributed by atoms with Crippen LogP contribution in [0.2, 0.25) is 0 Å². The van der Waals surface area contributed by atoms with Gasteiger partial charge in [0, 0.05) is 23.5 Å². The molecule has 8 heteroatoms. The molecule has 0 N–H and O–H groups in total. The summed E-state index contributed by atoms with van der Waals surface area (Å²) in [7, 11) is 0. The van der Waals surface area contributed by atoms with Crippen molar-refractivity contribution < 1.29 is 14.3 Å². The number of thiophene rings is 1. The molecule has 0 saturated carbocycles. The van der Waals surface area contributed by atoms with E-state index in [1.807, 2.05) is 19.9 Å². The van der Waals surface area contributed by atoms with Crippen LogP contribution in [0.15, 0.2) is 17.2 Å². The summed E-state index contributed by atoms with van der Waals surface area (Å²) < 4.78 is 8.55. The first-order valence-electron chi connectivity index (χ1n) is 10.5. The summed E-state index contributed by atoms with van der Waals surface area (Å²) in [5, 5.41) is 0.366. The standard InChI is InChI=1S/C23H29N3O4S/c1-7-30-23(29)20-15(5)19-21(31-20)24-12-25(22(19)28)11-18(27)17-10-14(4)26(16(17)6)9-8-13(2)3/h10,12-13H,7-9,11H2,1-6H3. The Balaban J connectivity index is 1.92. The number of aromatic nitrogens is 3. The maximum atomic E-state index is 13.1. The average molecular weight is 444 g/mol. The van der Waals surface area contributed by atoms with Crippen molar-refractivity contribution in [3.05, 3.63) is 50.1 Å². The first-order chi connectivity index (χ1) is 14.6. The molecule has 7 nitrogen and oxygen atoms in total. The van der Waals surface area contributed by atoms with Crippen molar-refractivity contribution in [3.63, 3.8) is 0 Å². The van der Waals surface area contributed by atoms with Crippen LogP contribution in [-0.2, 0) is 17.8 Å². The Morgan fingerprint density at radius 3 is 2.58 bits per heavy atom. The molecular formula is C23H29N3O4S. The molecule has 3 rings (SSSR count). The van der Waals surface area contributed by atoms with Gasteiger partial charge < -0.3 is 9.30 Å². The van der Waals surface area contributed by atoms with E-state index in [0.717, 1.165) is 35.7 Å². The number of nitrogens with zero attached hydrogens (tertiary/aromatic N) is 3. The predicted octanol–water partition coefficient (Wildman–Crippen LogP) is 4.29. The molecule has 166 valence electrons. The van der Waals surface area contributed by atoms with Crippen molar-refractivity contribution in [2.75, 3.05) is 6.61 Å². The normalized spacial score (nSPS) is 11.5. The van der Waals surface area contributed by atoms with Crippen molar-refractivity contribution in [1.82, 2.24) is 14.1 Å². The number of ketones is 1. The fraction of sp³-hybridized carbons (Fsp3) is 0.478. The zero-order valence-electron chi connectivity index (χ0n) is 18.9. The highest BCUT2D eigenvalue weighted by Gasteiger charge is 2.22. The van der Waals surface area contributed by atoms with Crippen LogP contribution in [-0.4, -0.2) is 32.5 Å². The first-order valence-corrected chi connectivity index (χ1v) is 11.3. The van der Waals surface area contributed by atoms with E-state index < -0.39 is 5.97 Å². The zero-order chi connectivity index (χ0) is 22.9. The van der Waals surface area contributed by atoms with Crippen molar-refractivity contribution in [3.8, 4) is 0 Å². The number of ether oxygens (including phenoxy) is 1. The fourth-order valence-electron chi connectivity index (χ4n) is 3.72. The van der Waals surface area contributed by atoms with E-state index in [1.54, 1.807) is 13.8 Å². The molecule has 3 heterocycles. The van der Waals surface area contributed by atoms with Gasteiger partial charge in [0.1, 0.15) is 9.71 Å². The summed E-state index contributed by atoms with van der Waals surface area (Å²) in [5.74, 6) is -0.0189. The van der Waals surface area contributed by atoms with E-state index in [1.165, 1.54) is 10.9 Å². The third-order valence-electron chi connectivity index (χ3n) is 5.50. The number of hydrogen-bond acceptors (Lipinski definition) is 6. The number of hydrogen-bond donors (Lipinski definition) is 0. The number of carbonyl (C=O) groups is 2. The van der Waals surface area contributed by atoms with Gasteiger partial charge in [-0.15, -0.1) is 11.3 Å². The summed E-state index contributed by atoms with van der Waals surface area (Å²) in [6, 6.07) is 1.89. The zero-order valence-corrected chi connectivity index (χ0v) is 19.8. The molecule has 0 aliphatic carbocycles. The molecule has 0 radical (unpaired) electrons. The third-order valence-corrected chi connectivity index (χ3v) is 6.68. The van der Waals surface area contributed by atoms with Gasteiger partial charge in [-0.05, 0) is 51.7 Å². The van der Waals surface area contributed by atoms with Crippen LogP contribution in [0.3, 0.4) is 0 Å². The molecule has 3 aromatic heterocycles. The summed E-state index contributed by atoms with van der Waals surface area (Å²) in [6.45, 7) is 12.8. The highest BCUT2D eigenvalue weighted by atomic mass is 32.1. The van der Waals surface area contributed by atoms with Gasteiger partial charge in [-0.3, -0.25) is 14.2 Å². The monoisotopic (exact) mass is 443 g/mol. The van der Waals surface area contributed by atoms with Crippen LogP contribution in [0.5, 0.6) is 0 Å². The molecule has 0 unspecified atom stereocenters. The molecular weight excluding hydrogens is 414 g/mol. The van der Waals surface area contributed by atoms with Gasteiger partial charge in [0.25, 0.3) is 5.56 Å². The SMILES string of the molecule is CCOC(=O)c1sc2ncn(CC(=O)c3cc(C)n(CCC(C)C)c3C)c(=O)c2c1C. The molecule has 31 heavy (non-hydrogen) atoms. The van der Waals surface area contributed by atoms with Gasteiger partial charge in [0.05, 0.1) is 24.9 Å². The maximum Gasteiger partial charge on any atom is 0.348 e. The first kappa shape index (κ1) is 22.9. The van der Waals surface area contributed by atoms with Gasteiger partial charge in [0.2, 0.25) is 0 Å². The molecule has 0 saturated heterocycles. The van der Waals surface area contributed by atoms with Crippen LogP contribution >= 0.6 is 11.3 Å². The van der Waals surface area contributed by atoms with Crippen molar-refractivity contribution in [2.45, 2.75) is 61.1 Å². The van der Waals surface area contributed by atoms with E-state index in [-0.39, 0.29) is 24.5 Å². The summed E-state index contributed by atoms with van der Waals surface area (Å²) in [6.07, 6.45) is 2.41. The third kappa shape index (κ3) is 4.49. The largest absolute Gasteiger partial charge is 0.462 e. The Kier molecular flexibility index (Phi) is 6.79. The topological polar surface area (TPSA) is 83.2 Å². The highest BCUT2D eigenvalue weighted by molar-refractivity contribution is 7.20. The molecule has 0 bridgehead atoms. The molecule has 0 aliphatic heterocycles. The predicted molar refractivity (Wildman–Crippen MR) is 122 cm³/mol. The smallest absolute Gasteiger partial charge is 0.348 e. The summed E-state index contributed by atoms with van der Waals surface area (Å²) in [5.41, 5.74) is 2.81. The number of carbonyl (C=O) groups excluding carboxylic acids is 2. The molecule has 0 atom stereocenters. The van der Waals surface area contributed by atoms with Crippen LogP contribution < -0.4 is 5.56 Å². The molecule has 0 aliphatic rings. The average Bonchev–Trinajstić information content (AvgIpc) is 3.19. The molecule has 0 fully saturated rings.